The molecule has 2 aromatic rings. The van der Waals surface area contributed by atoms with Crippen LogP contribution in [0, 0.1) is 0 Å². The zero-order valence-corrected chi connectivity index (χ0v) is 14.3. The number of urea groups is 1. The summed E-state index contributed by atoms with van der Waals surface area (Å²) in [6.07, 6.45) is 1.53. The van der Waals surface area contributed by atoms with E-state index in [2.05, 4.69) is 15.4 Å². The van der Waals surface area contributed by atoms with Gasteiger partial charge in [0.1, 0.15) is 0 Å². The zero-order chi connectivity index (χ0) is 18.4. The molecule has 0 bridgehead atoms. The lowest BCUT2D eigenvalue weighted by Gasteiger charge is -2.36. The van der Waals surface area contributed by atoms with Crippen molar-refractivity contribution in [2.45, 2.75) is 0 Å². The Balaban J connectivity index is 1.55. The molecule has 0 radical (unpaired) electrons. The van der Waals surface area contributed by atoms with Gasteiger partial charge in [-0.25, -0.2) is 10.2 Å². The van der Waals surface area contributed by atoms with E-state index in [1.807, 2.05) is 59.5 Å². The molecule has 7 nitrogen and oxygen atoms in total. The van der Waals surface area contributed by atoms with Gasteiger partial charge in [-0.05, 0) is 29.8 Å². The number of hydrazone groups is 1. The third-order valence-electron chi connectivity index (χ3n) is 4.23. The minimum atomic E-state index is -0.694. The third kappa shape index (κ3) is 4.38. The predicted octanol–water partition coefficient (Wildman–Crippen LogP) is 1.65. The van der Waals surface area contributed by atoms with Crippen LogP contribution in [-0.2, 0) is 0 Å². The van der Waals surface area contributed by atoms with Gasteiger partial charge >= 0.3 is 6.03 Å². The first-order valence-electron chi connectivity index (χ1n) is 8.41. The lowest BCUT2D eigenvalue weighted by Crippen LogP contribution is -2.48. The van der Waals surface area contributed by atoms with Crippen LogP contribution >= 0.6 is 0 Å². The smallest absolute Gasteiger partial charge is 0.332 e. The number of amides is 3. The maximum Gasteiger partial charge on any atom is 0.332 e. The average molecular weight is 351 g/mol. The van der Waals surface area contributed by atoms with E-state index in [9.17, 15) is 9.59 Å². The number of carbonyl (C=O) groups is 2. The van der Waals surface area contributed by atoms with Gasteiger partial charge in [-0.1, -0.05) is 30.3 Å². The van der Waals surface area contributed by atoms with Crippen molar-refractivity contribution in [3.63, 3.8) is 0 Å². The van der Waals surface area contributed by atoms with Crippen LogP contribution in [0.25, 0.3) is 0 Å². The first-order valence-corrected chi connectivity index (χ1v) is 8.41. The molecule has 0 aromatic heterocycles. The summed E-state index contributed by atoms with van der Waals surface area (Å²) in [7, 11) is 0. The molecular weight excluding hydrogens is 330 g/mol. The maximum absolute atomic E-state index is 12.5. The molecule has 1 saturated heterocycles. The Morgan fingerprint density at radius 3 is 2.23 bits per heavy atom. The van der Waals surface area contributed by atoms with E-state index in [1.165, 1.54) is 6.21 Å². The first-order chi connectivity index (χ1) is 12.6. The molecule has 1 fully saturated rings. The topological polar surface area (TPSA) is 91.0 Å². The second-order valence-corrected chi connectivity index (χ2v) is 5.97. The number of piperazine rings is 1. The van der Waals surface area contributed by atoms with Crippen LogP contribution in [0.4, 0.5) is 10.5 Å². The summed E-state index contributed by atoms with van der Waals surface area (Å²) in [5.41, 5.74) is 9.80. The summed E-state index contributed by atoms with van der Waals surface area (Å²) in [6, 6.07) is 16.5. The van der Waals surface area contributed by atoms with E-state index >= 15 is 0 Å². The lowest BCUT2D eigenvalue weighted by molar-refractivity contribution is 0.0747. The molecule has 26 heavy (non-hydrogen) atoms. The van der Waals surface area contributed by atoms with Crippen molar-refractivity contribution >= 4 is 23.8 Å². The first kappa shape index (κ1) is 17.5. The Morgan fingerprint density at radius 2 is 1.62 bits per heavy atom. The van der Waals surface area contributed by atoms with Gasteiger partial charge in [0.15, 0.2) is 0 Å². The number of nitrogens with one attached hydrogen (secondary N) is 1. The van der Waals surface area contributed by atoms with Gasteiger partial charge in [0, 0.05) is 37.4 Å². The number of carbonyl (C=O) groups excluding carboxylic acids is 2. The van der Waals surface area contributed by atoms with Crippen molar-refractivity contribution < 1.29 is 9.59 Å². The van der Waals surface area contributed by atoms with Gasteiger partial charge in [-0.15, -0.1) is 0 Å². The van der Waals surface area contributed by atoms with E-state index in [0.29, 0.717) is 13.1 Å². The van der Waals surface area contributed by atoms with Gasteiger partial charge in [0.2, 0.25) is 0 Å². The minimum Gasteiger partial charge on any atom is -0.368 e. The minimum absolute atomic E-state index is 0.0822. The predicted molar refractivity (Wildman–Crippen MR) is 101 cm³/mol. The Bertz CT molecular complexity index is 781. The number of rotatable bonds is 4. The van der Waals surface area contributed by atoms with Crippen LogP contribution in [0.1, 0.15) is 15.9 Å². The van der Waals surface area contributed by atoms with Gasteiger partial charge in [-0.3, -0.25) is 4.79 Å². The molecule has 3 N–H and O–H groups in total. The van der Waals surface area contributed by atoms with Crippen molar-refractivity contribution in [1.29, 1.82) is 0 Å². The molecule has 2 aromatic carbocycles. The highest BCUT2D eigenvalue weighted by Gasteiger charge is 2.22. The molecular formula is C19H21N5O2. The highest BCUT2D eigenvalue weighted by molar-refractivity contribution is 5.94. The Morgan fingerprint density at radius 1 is 0.962 bits per heavy atom. The van der Waals surface area contributed by atoms with Crippen LogP contribution in [0.3, 0.4) is 0 Å². The van der Waals surface area contributed by atoms with Gasteiger partial charge in [0.05, 0.1) is 6.21 Å². The average Bonchev–Trinajstić information content (AvgIpc) is 2.68. The summed E-state index contributed by atoms with van der Waals surface area (Å²) in [5, 5.41) is 3.73. The monoisotopic (exact) mass is 351 g/mol. The highest BCUT2D eigenvalue weighted by atomic mass is 16.2. The van der Waals surface area contributed by atoms with Crippen LogP contribution in [0.15, 0.2) is 59.7 Å². The molecule has 0 saturated carbocycles. The van der Waals surface area contributed by atoms with Crippen molar-refractivity contribution in [2.75, 3.05) is 31.1 Å². The van der Waals surface area contributed by atoms with E-state index in [4.69, 9.17) is 5.73 Å². The molecule has 0 atom stereocenters. The van der Waals surface area contributed by atoms with E-state index in [-0.39, 0.29) is 5.91 Å². The largest absolute Gasteiger partial charge is 0.368 e. The highest BCUT2D eigenvalue weighted by Crippen LogP contribution is 2.18. The number of benzene rings is 2. The fourth-order valence-electron chi connectivity index (χ4n) is 2.87. The number of hydrogen-bond donors (Lipinski definition) is 2. The quantitative estimate of drug-likeness (QED) is 0.648. The SMILES string of the molecule is NC(=O)N/N=C/c1ccc(N2CCN(C(=O)c3ccccc3)CC2)cc1. The standard InChI is InChI=1S/C19H21N5O2/c20-19(26)22-21-14-15-6-8-17(9-7-15)23-10-12-24(13-11-23)18(25)16-4-2-1-3-5-16/h1-9,14H,10-13H2,(H3,20,22,26)/b21-14+. The summed E-state index contributed by atoms with van der Waals surface area (Å²) in [4.78, 5) is 27.2. The van der Waals surface area contributed by atoms with Gasteiger partial charge < -0.3 is 15.5 Å². The number of nitrogens with two attached hydrogens (primary N) is 1. The summed E-state index contributed by atoms with van der Waals surface area (Å²) < 4.78 is 0. The fourth-order valence-corrected chi connectivity index (χ4v) is 2.87. The molecule has 1 heterocycles. The molecule has 1 aliphatic heterocycles. The Kier molecular flexibility index (Phi) is 5.48. The molecule has 1 aliphatic rings. The number of primary amides is 1. The van der Waals surface area contributed by atoms with Gasteiger partial charge in [-0.2, -0.15) is 5.10 Å². The van der Waals surface area contributed by atoms with E-state index < -0.39 is 6.03 Å². The molecule has 7 heteroatoms. The third-order valence-corrected chi connectivity index (χ3v) is 4.23. The number of nitrogens with zero attached hydrogens (tertiary/aromatic N) is 3. The number of hydrogen-bond acceptors (Lipinski definition) is 4. The van der Waals surface area contributed by atoms with Crippen molar-refractivity contribution in [3.8, 4) is 0 Å². The summed E-state index contributed by atoms with van der Waals surface area (Å²) in [6.45, 7) is 2.96. The fraction of sp³-hybridized carbons (Fsp3) is 0.211. The normalized spacial score (nSPS) is 14.5. The van der Waals surface area contributed by atoms with Gasteiger partial charge in [0.25, 0.3) is 5.91 Å². The van der Waals surface area contributed by atoms with E-state index in [0.717, 1.165) is 29.9 Å². The van der Waals surface area contributed by atoms with Crippen LogP contribution in [0.5, 0.6) is 0 Å². The van der Waals surface area contributed by atoms with Crippen molar-refractivity contribution in [3.05, 3.63) is 65.7 Å². The molecule has 0 unspecified atom stereocenters. The summed E-state index contributed by atoms with van der Waals surface area (Å²) in [5.74, 6) is 0.0822. The Labute approximate surface area is 152 Å². The summed E-state index contributed by atoms with van der Waals surface area (Å²) >= 11 is 0. The number of anilines is 1. The maximum atomic E-state index is 12.5. The molecule has 3 amide bonds. The lowest BCUT2D eigenvalue weighted by atomic mass is 10.1. The second-order valence-electron chi connectivity index (χ2n) is 5.97. The molecule has 0 aliphatic carbocycles. The van der Waals surface area contributed by atoms with Crippen molar-refractivity contribution in [2.24, 2.45) is 10.8 Å². The van der Waals surface area contributed by atoms with Crippen molar-refractivity contribution in [1.82, 2.24) is 10.3 Å². The van der Waals surface area contributed by atoms with Crippen LogP contribution in [-0.4, -0.2) is 49.2 Å². The molecule has 134 valence electrons. The van der Waals surface area contributed by atoms with Crippen LogP contribution < -0.4 is 16.1 Å². The second kappa shape index (κ2) is 8.15. The Hall–Kier alpha value is -3.35. The molecule has 0 spiro atoms. The van der Waals surface area contributed by atoms with E-state index in [1.54, 1.807) is 0 Å². The zero-order valence-electron chi connectivity index (χ0n) is 14.3. The molecule has 3 rings (SSSR count). The van der Waals surface area contributed by atoms with Crippen LogP contribution in [0.2, 0.25) is 0 Å².